The van der Waals surface area contributed by atoms with Gasteiger partial charge < -0.3 is 9.51 Å². The third-order valence-corrected chi connectivity index (χ3v) is 3.88. The average molecular weight is 290 g/mol. The first-order valence-electron chi connectivity index (χ1n) is 7.06. The van der Waals surface area contributed by atoms with Gasteiger partial charge in [0.25, 0.3) is 5.89 Å². The predicted octanol–water partition coefficient (Wildman–Crippen LogP) is 3.90. The molecule has 3 aromatic heterocycles. The molecule has 0 saturated heterocycles. The topological polar surface area (TPSA) is 67.6 Å². The summed E-state index contributed by atoms with van der Waals surface area (Å²) in [5, 5.41) is 5.10. The summed E-state index contributed by atoms with van der Waals surface area (Å²) in [6.45, 7) is 4.15. The van der Waals surface area contributed by atoms with Crippen LogP contribution in [0, 0.1) is 13.8 Å². The van der Waals surface area contributed by atoms with Gasteiger partial charge in [0.1, 0.15) is 5.65 Å². The first kappa shape index (κ1) is 12.8. The smallest absolute Gasteiger partial charge is 0.258 e. The van der Waals surface area contributed by atoms with Gasteiger partial charge in [-0.15, -0.1) is 0 Å². The summed E-state index contributed by atoms with van der Waals surface area (Å²) in [5.74, 6) is 1.10. The lowest BCUT2D eigenvalue weighted by Crippen LogP contribution is -1.85. The van der Waals surface area contributed by atoms with Gasteiger partial charge in [0, 0.05) is 28.9 Å². The Hall–Kier alpha value is -2.95. The maximum absolute atomic E-state index is 5.43. The van der Waals surface area contributed by atoms with Crippen molar-refractivity contribution in [1.82, 2.24) is 20.1 Å². The van der Waals surface area contributed by atoms with E-state index >= 15 is 0 Å². The zero-order valence-corrected chi connectivity index (χ0v) is 12.3. The number of H-pyrrole nitrogens is 1. The van der Waals surface area contributed by atoms with Gasteiger partial charge in [0.2, 0.25) is 5.82 Å². The van der Waals surface area contributed by atoms with E-state index in [-0.39, 0.29) is 0 Å². The van der Waals surface area contributed by atoms with Crippen molar-refractivity contribution in [3.05, 3.63) is 53.9 Å². The van der Waals surface area contributed by atoms with Gasteiger partial charge in [-0.2, -0.15) is 4.98 Å². The molecule has 3 heterocycles. The molecule has 0 fully saturated rings. The largest absolute Gasteiger partial charge is 0.346 e. The summed E-state index contributed by atoms with van der Waals surface area (Å²) in [4.78, 5) is 11.9. The average Bonchev–Trinajstić information content (AvgIpc) is 3.18. The van der Waals surface area contributed by atoms with E-state index in [1.165, 1.54) is 11.1 Å². The van der Waals surface area contributed by atoms with Crippen LogP contribution < -0.4 is 0 Å². The van der Waals surface area contributed by atoms with Crippen LogP contribution in [0.25, 0.3) is 33.9 Å². The van der Waals surface area contributed by atoms with Crippen molar-refractivity contribution in [2.45, 2.75) is 13.8 Å². The molecule has 5 heteroatoms. The minimum absolute atomic E-state index is 0.526. The number of hydrogen-bond acceptors (Lipinski definition) is 4. The summed E-state index contributed by atoms with van der Waals surface area (Å²) in [6, 6.07) is 9.98. The lowest BCUT2D eigenvalue weighted by Gasteiger charge is -2.00. The Morgan fingerprint density at radius 3 is 2.82 bits per heavy atom. The number of aromatic nitrogens is 4. The van der Waals surface area contributed by atoms with Crippen LogP contribution in [-0.4, -0.2) is 20.1 Å². The Bertz CT molecular complexity index is 968. The maximum atomic E-state index is 5.43. The van der Waals surface area contributed by atoms with Crippen molar-refractivity contribution in [2.75, 3.05) is 0 Å². The Balaban J connectivity index is 1.81. The maximum Gasteiger partial charge on any atom is 0.258 e. The number of pyridine rings is 1. The first-order valence-corrected chi connectivity index (χ1v) is 7.06. The van der Waals surface area contributed by atoms with Crippen LogP contribution in [0.2, 0.25) is 0 Å². The Labute approximate surface area is 127 Å². The number of aromatic amines is 1. The molecule has 0 saturated carbocycles. The SMILES string of the molecule is Cc1ccc(-c2nc(-c3ccnc4[nH]ccc34)no2)cc1C. The van der Waals surface area contributed by atoms with E-state index < -0.39 is 0 Å². The van der Waals surface area contributed by atoms with Crippen LogP contribution in [0.15, 0.2) is 47.2 Å². The van der Waals surface area contributed by atoms with Crippen LogP contribution in [0.1, 0.15) is 11.1 Å². The van der Waals surface area contributed by atoms with Crippen LogP contribution in [-0.2, 0) is 0 Å². The van der Waals surface area contributed by atoms with E-state index in [9.17, 15) is 0 Å². The molecule has 4 aromatic rings. The zero-order chi connectivity index (χ0) is 15.1. The number of benzene rings is 1. The molecule has 108 valence electrons. The van der Waals surface area contributed by atoms with E-state index in [0.29, 0.717) is 11.7 Å². The highest BCUT2D eigenvalue weighted by Crippen LogP contribution is 2.27. The molecule has 4 rings (SSSR count). The van der Waals surface area contributed by atoms with Crippen molar-refractivity contribution >= 4 is 11.0 Å². The van der Waals surface area contributed by atoms with Gasteiger partial charge in [-0.05, 0) is 49.2 Å². The summed E-state index contributed by atoms with van der Waals surface area (Å²) < 4.78 is 5.43. The first-order chi connectivity index (χ1) is 10.7. The third kappa shape index (κ3) is 1.98. The minimum Gasteiger partial charge on any atom is -0.346 e. The molecule has 0 atom stereocenters. The molecule has 1 N–H and O–H groups in total. The predicted molar refractivity (Wildman–Crippen MR) is 84.3 cm³/mol. The number of nitrogens with zero attached hydrogens (tertiary/aromatic N) is 3. The Kier molecular flexibility index (Phi) is 2.79. The van der Waals surface area contributed by atoms with Crippen molar-refractivity contribution in [1.29, 1.82) is 0 Å². The Morgan fingerprint density at radius 2 is 1.95 bits per heavy atom. The lowest BCUT2D eigenvalue weighted by molar-refractivity contribution is 0.432. The highest BCUT2D eigenvalue weighted by atomic mass is 16.5. The van der Waals surface area contributed by atoms with Gasteiger partial charge in [0.05, 0.1) is 0 Å². The Morgan fingerprint density at radius 1 is 1.05 bits per heavy atom. The number of rotatable bonds is 2. The monoisotopic (exact) mass is 290 g/mol. The van der Waals surface area contributed by atoms with E-state index in [1.807, 2.05) is 24.4 Å². The minimum atomic E-state index is 0.526. The molecule has 1 aromatic carbocycles. The van der Waals surface area contributed by atoms with Crippen molar-refractivity contribution in [3.8, 4) is 22.8 Å². The summed E-state index contributed by atoms with van der Waals surface area (Å²) >= 11 is 0. The summed E-state index contributed by atoms with van der Waals surface area (Å²) in [5.41, 5.74) is 5.10. The van der Waals surface area contributed by atoms with E-state index in [1.54, 1.807) is 6.20 Å². The highest BCUT2D eigenvalue weighted by Gasteiger charge is 2.14. The van der Waals surface area contributed by atoms with Gasteiger partial charge in [0.15, 0.2) is 0 Å². The second kappa shape index (κ2) is 4.80. The molecular formula is C17H14N4O. The molecule has 0 radical (unpaired) electrons. The normalized spacial score (nSPS) is 11.2. The third-order valence-electron chi connectivity index (χ3n) is 3.88. The van der Waals surface area contributed by atoms with Gasteiger partial charge in [-0.25, -0.2) is 4.98 Å². The van der Waals surface area contributed by atoms with E-state index in [0.717, 1.165) is 22.2 Å². The van der Waals surface area contributed by atoms with Crippen LogP contribution in [0.5, 0.6) is 0 Å². The van der Waals surface area contributed by atoms with Crippen molar-refractivity contribution < 1.29 is 4.52 Å². The lowest BCUT2D eigenvalue weighted by atomic mass is 10.1. The highest BCUT2D eigenvalue weighted by molar-refractivity contribution is 5.90. The molecule has 0 spiro atoms. The second-order valence-corrected chi connectivity index (χ2v) is 5.32. The molecule has 0 unspecified atom stereocenters. The number of aryl methyl sites for hydroxylation is 2. The number of fused-ring (bicyclic) bond motifs is 1. The molecular weight excluding hydrogens is 276 g/mol. The summed E-state index contributed by atoms with van der Waals surface area (Å²) in [6.07, 6.45) is 3.59. The number of nitrogens with one attached hydrogen (secondary N) is 1. The van der Waals surface area contributed by atoms with Gasteiger partial charge in [-0.1, -0.05) is 11.2 Å². The number of hydrogen-bond donors (Lipinski definition) is 1. The van der Waals surface area contributed by atoms with Crippen LogP contribution in [0.4, 0.5) is 0 Å². The zero-order valence-electron chi connectivity index (χ0n) is 12.3. The molecule has 0 amide bonds. The van der Waals surface area contributed by atoms with Crippen LogP contribution >= 0.6 is 0 Å². The standard InChI is InChI=1S/C17H14N4O/c1-10-3-4-12(9-11(10)2)17-20-16(21-22-17)14-6-8-19-15-13(14)5-7-18-15/h3-9H,1-2H3,(H,18,19). The molecule has 5 nitrogen and oxygen atoms in total. The van der Waals surface area contributed by atoms with Gasteiger partial charge >= 0.3 is 0 Å². The molecule has 0 aliphatic carbocycles. The molecule has 22 heavy (non-hydrogen) atoms. The quantitative estimate of drug-likeness (QED) is 0.608. The van der Waals surface area contributed by atoms with E-state index in [2.05, 4.69) is 46.1 Å². The molecule has 0 aliphatic heterocycles. The summed E-state index contributed by atoms with van der Waals surface area (Å²) in [7, 11) is 0. The van der Waals surface area contributed by atoms with Crippen molar-refractivity contribution in [2.24, 2.45) is 0 Å². The van der Waals surface area contributed by atoms with Crippen molar-refractivity contribution in [3.63, 3.8) is 0 Å². The van der Waals surface area contributed by atoms with Crippen LogP contribution in [0.3, 0.4) is 0 Å². The molecule has 0 aliphatic rings. The van der Waals surface area contributed by atoms with E-state index in [4.69, 9.17) is 4.52 Å². The second-order valence-electron chi connectivity index (χ2n) is 5.32. The molecule has 0 bridgehead atoms. The van der Waals surface area contributed by atoms with Gasteiger partial charge in [-0.3, -0.25) is 0 Å². The fraction of sp³-hybridized carbons (Fsp3) is 0.118. The fourth-order valence-electron chi connectivity index (χ4n) is 2.48. The fourth-order valence-corrected chi connectivity index (χ4v) is 2.48.